The number of nitrogens with zero attached hydrogens (tertiary/aromatic N) is 1. The fourth-order valence-electron chi connectivity index (χ4n) is 2.80. The molecule has 1 unspecified atom stereocenters. The van der Waals surface area contributed by atoms with Crippen LogP contribution < -0.4 is 10.6 Å². The molecule has 6 heteroatoms. The molecule has 1 aromatic carbocycles. The number of aliphatic hydroxyl groups excluding tert-OH is 1. The molecule has 1 saturated heterocycles. The second-order valence-electron chi connectivity index (χ2n) is 5.35. The highest BCUT2D eigenvalue weighted by Crippen LogP contribution is 2.33. The summed E-state index contributed by atoms with van der Waals surface area (Å²) >= 11 is 0. The van der Waals surface area contributed by atoms with Crippen LogP contribution in [0.4, 0.5) is 11.4 Å². The second kappa shape index (κ2) is 6.01. The molecule has 1 heterocycles. The maximum absolute atomic E-state index is 11.5. The van der Waals surface area contributed by atoms with Crippen molar-refractivity contribution in [1.29, 1.82) is 0 Å². The number of benzene rings is 1. The van der Waals surface area contributed by atoms with Gasteiger partial charge < -0.3 is 15.7 Å². The Bertz CT molecular complexity index is 572. The lowest BCUT2D eigenvalue weighted by atomic mass is 10.1. The van der Waals surface area contributed by atoms with Gasteiger partial charge in [-0.3, -0.25) is 0 Å². The van der Waals surface area contributed by atoms with Crippen molar-refractivity contribution in [2.75, 3.05) is 30.0 Å². The summed E-state index contributed by atoms with van der Waals surface area (Å²) in [5.74, 6) is 0. The molecule has 0 spiro atoms. The Morgan fingerprint density at radius 2 is 2.20 bits per heavy atom. The molecule has 1 atom stereocenters. The minimum atomic E-state index is -3.22. The van der Waals surface area contributed by atoms with E-state index in [-0.39, 0.29) is 11.5 Å². The number of sulfone groups is 1. The summed E-state index contributed by atoms with van der Waals surface area (Å²) in [7, 11) is -3.22. The van der Waals surface area contributed by atoms with E-state index < -0.39 is 9.84 Å². The minimum absolute atomic E-state index is 0.201. The van der Waals surface area contributed by atoms with E-state index in [4.69, 9.17) is 10.8 Å². The number of anilines is 2. The van der Waals surface area contributed by atoms with Gasteiger partial charge >= 0.3 is 0 Å². The lowest BCUT2D eigenvalue weighted by molar-refractivity contribution is 0.279. The van der Waals surface area contributed by atoms with Crippen molar-refractivity contribution >= 4 is 21.2 Å². The van der Waals surface area contributed by atoms with Crippen LogP contribution in [0.5, 0.6) is 0 Å². The number of hydrogen-bond donors (Lipinski definition) is 2. The molecule has 0 saturated carbocycles. The van der Waals surface area contributed by atoms with Gasteiger partial charge in [-0.05, 0) is 43.9 Å². The zero-order valence-electron chi connectivity index (χ0n) is 11.7. The summed E-state index contributed by atoms with van der Waals surface area (Å²) in [5, 5.41) is 8.95. The molecule has 5 nitrogen and oxygen atoms in total. The Labute approximate surface area is 120 Å². The van der Waals surface area contributed by atoms with Crippen molar-refractivity contribution in [3.63, 3.8) is 0 Å². The number of hydrogen-bond acceptors (Lipinski definition) is 5. The van der Waals surface area contributed by atoms with Crippen LogP contribution in [0.15, 0.2) is 23.1 Å². The molecule has 0 aromatic heterocycles. The first-order chi connectivity index (χ1) is 9.43. The molecule has 0 bridgehead atoms. The monoisotopic (exact) mass is 298 g/mol. The first-order valence-corrected chi connectivity index (χ1v) is 8.79. The summed E-state index contributed by atoms with van der Waals surface area (Å²) in [5.41, 5.74) is 7.44. The molecule has 3 N–H and O–H groups in total. The Kier molecular flexibility index (Phi) is 4.55. The van der Waals surface area contributed by atoms with Crippen LogP contribution in [0.1, 0.15) is 25.7 Å². The highest BCUT2D eigenvalue weighted by Gasteiger charge is 2.26. The second-order valence-corrected chi connectivity index (χ2v) is 7.36. The van der Waals surface area contributed by atoms with Gasteiger partial charge in [0.2, 0.25) is 0 Å². The van der Waals surface area contributed by atoms with Crippen LogP contribution in [0.2, 0.25) is 0 Å². The number of nitrogen functional groups attached to an aromatic ring is 1. The standard InChI is InChI=1S/C14H22N2O3S/c1-20(18,19)12-6-7-14(13(15)10-12)16-8-2-4-11(16)5-3-9-17/h6-7,10-11,17H,2-5,8-9,15H2,1H3. The van der Waals surface area contributed by atoms with E-state index in [1.807, 2.05) is 0 Å². The zero-order chi connectivity index (χ0) is 14.8. The number of nitrogens with two attached hydrogens (primary N) is 1. The highest BCUT2D eigenvalue weighted by molar-refractivity contribution is 7.90. The highest BCUT2D eigenvalue weighted by atomic mass is 32.2. The van der Waals surface area contributed by atoms with Crippen molar-refractivity contribution in [2.24, 2.45) is 0 Å². The molecule has 2 rings (SSSR count). The predicted octanol–water partition coefficient (Wildman–Crippen LogP) is 1.41. The Morgan fingerprint density at radius 1 is 1.45 bits per heavy atom. The van der Waals surface area contributed by atoms with E-state index >= 15 is 0 Å². The normalized spacial score (nSPS) is 19.5. The maximum atomic E-state index is 11.5. The van der Waals surface area contributed by atoms with E-state index in [9.17, 15) is 8.42 Å². The Morgan fingerprint density at radius 3 is 2.80 bits per heavy atom. The van der Waals surface area contributed by atoms with E-state index in [1.54, 1.807) is 12.1 Å². The first-order valence-electron chi connectivity index (χ1n) is 6.90. The smallest absolute Gasteiger partial charge is 0.175 e. The van der Waals surface area contributed by atoms with E-state index in [2.05, 4.69) is 4.90 Å². The lowest BCUT2D eigenvalue weighted by Gasteiger charge is -2.28. The molecule has 0 amide bonds. The SMILES string of the molecule is CS(=O)(=O)c1ccc(N2CCCC2CCCO)c(N)c1. The summed E-state index contributed by atoms with van der Waals surface area (Å²) in [4.78, 5) is 2.49. The molecule has 0 radical (unpaired) electrons. The van der Waals surface area contributed by atoms with Gasteiger partial charge in [0.25, 0.3) is 0 Å². The van der Waals surface area contributed by atoms with E-state index in [1.165, 1.54) is 12.3 Å². The predicted molar refractivity (Wildman–Crippen MR) is 80.7 cm³/mol. The first kappa shape index (κ1) is 15.1. The van der Waals surface area contributed by atoms with Crippen LogP contribution >= 0.6 is 0 Å². The quantitative estimate of drug-likeness (QED) is 0.803. The Balaban J connectivity index is 2.24. The summed E-state index contributed by atoms with van der Waals surface area (Å²) < 4.78 is 23.1. The number of rotatable bonds is 5. The van der Waals surface area contributed by atoms with Gasteiger partial charge in [0, 0.05) is 25.4 Å². The molecule has 1 fully saturated rings. The molecule has 1 aromatic rings. The van der Waals surface area contributed by atoms with Gasteiger partial charge in [0.15, 0.2) is 9.84 Å². The van der Waals surface area contributed by atoms with Gasteiger partial charge in [0.1, 0.15) is 0 Å². The summed E-state index contributed by atoms with van der Waals surface area (Å²) in [6.45, 7) is 1.13. The molecule has 1 aliphatic heterocycles. The average molecular weight is 298 g/mol. The molecular formula is C14H22N2O3S. The fourth-order valence-corrected chi connectivity index (χ4v) is 3.46. The third-order valence-electron chi connectivity index (χ3n) is 3.81. The maximum Gasteiger partial charge on any atom is 0.175 e. The molecular weight excluding hydrogens is 276 g/mol. The van der Waals surface area contributed by atoms with Crippen LogP contribution in [0.3, 0.4) is 0 Å². The van der Waals surface area contributed by atoms with Crippen molar-refractivity contribution in [2.45, 2.75) is 36.6 Å². The van der Waals surface area contributed by atoms with Gasteiger partial charge in [-0.1, -0.05) is 0 Å². The molecule has 20 heavy (non-hydrogen) atoms. The summed E-state index contributed by atoms with van der Waals surface area (Å²) in [6.07, 6.45) is 5.09. The molecule has 112 valence electrons. The lowest BCUT2D eigenvalue weighted by Crippen LogP contribution is -2.30. The Hall–Kier alpha value is -1.27. The third-order valence-corrected chi connectivity index (χ3v) is 4.92. The van der Waals surface area contributed by atoms with E-state index in [0.29, 0.717) is 11.7 Å². The van der Waals surface area contributed by atoms with E-state index in [0.717, 1.165) is 37.9 Å². The van der Waals surface area contributed by atoms with Crippen LogP contribution in [-0.2, 0) is 9.84 Å². The van der Waals surface area contributed by atoms with Crippen molar-refractivity contribution in [1.82, 2.24) is 0 Å². The van der Waals surface area contributed by atoms with Gasteiger partial charge in [-0.2, -0.15) is 0 Å². The minimum Gasteiger partial charge on any atom is -0.397 e. The van der Waals surface area contributed by atoms with Crippen LogP contribution in [0.25, 0.3) is 0 Å². The zero-order valence-corrected chi connectivity index (χ0v) is 12.6. The van der Waals surface area contributed by atoms with Crippen molar-refractivity contribution < 1.29 is 13.5 Å². The third kappa shape index (κ3) is 3.24. The van der Waals surface area contributed by atoms with Gasteiger partial charge in [-0.25, -0.2) is 8.42 Å². The topological polar surface area (TPSA) is 83.6 Å². The molecule has 0 aliphatic carbocycles. The largest absolute Gasteiger partial charge is 0.397 e. The molecule has 1 aliphatic rings. The van der Waals surface area contributed by atoms with Crippen molar-refractivity contribution in [3.8, 4) is 0 Å². The fraction of sp³-hybridized carbons (Fsp3) is 0.571. The number of aliphatic hydroxyl groups is 1. The van der Waals surface area contributed by atoms with Crippen LogP contribution in [0, 0.1) is 0 Å². The average Bonchev–Trinajstić information content (AvgIpc) is 2.83. The summed E-state index contributed by atoms with van der Waals surface area (Å²) in [6, 6.07) is 5.32. The van der Waals surface area contributed by atoms with Gasteiger partial charge in [-0.15, -0.1) is 0 Å². The van der Waals surface area contributed by atoms with Gasteiger partial charge in [0.05, 0.1) is 16.3 Å². The van der Waals surface area contributed by atoms with Crippen LogP contribution in [-0.4, -0.2) is 39.0 Å². The van der Waals surface area contributed by atoms with Crippen molar-refractivity contribution in [3.05, 3.63) is 18.2 Å².